The predicted octanol–water partition coefficient (Wildman–Crippen LogP) is 10.9. The van der Waals surface area contributed by atoms with Crippen molar-refractivity contribution in [3.63, 3.8) is 0 Å². The number of likely N-dealkylation sites (N-methyl/N-ethyl adjacent to an activating group) is 1. The van der Waals surface area contributed by atoms with Gasteiger partial charge in [0.25, 0.3) is 0 Å². The zero-order chi connectivity index (χ0) is 28.5. The maximum absolute atomic E-state index is 4.16. The van der Waals surface area contributed by atoms with Crippen LogP contribution in [0.2, 0.25) is 0 Å². The van der Waals surface area contributed by atoms with Crippen LogP contribution < -0.4 is 5.32 Å². The lowest BCUT2D eigenvalue weighted by Crippen LogP contribution is -2.10. The molecular weight excluding hydrogens is 470 g/mol. The standard InChI is InChI=1S/C29H29N.C6H6.C3H8/c1-6-24(30-9-4)20-27-21(5)28(22-16-12-10-13-17-22)25(7-2)26(8-3)29(27)23-18-14-11-15-19-23;1-2-4-6-5-3-1;1-3-2/h6-8,10-20,30H,1-3,9H2,4-5H3;1-6H;3H2,1-2H3/b24-20+;;. The molecule has 0 heterocycles. The summed E-state index contributed by atoms with van der Waals surface area (Å²) in [6, 6.07) is 33.0. The number of rotatable bonds is 8. The van der Waals surface area contributed by atoms with E-state index in [0.717, 1.165) is 40.1 Å². The van der Waals surface area contributed by atoms with Crippen molar-refractivity contribution in [3.8, 4) is 22.3 Å². The second kappa shape index (κ2) is 17.2. The minimum Gasteiger partial charge on any atom is -0.385 e. The van der Waals surface area contributed by atoms with Gasteiger partial charge in [-0.3, -0.25) is 0 Å². The number of allylic oxidation sites excluding steroid dienone is 1. The Morgan fingerprint density at radius 3 is 1.38 bits per heavy atom. The highest BCUT2D eigenvalue weighted by molar-refractivity contribution is 5.96. The molecule has 1 heteroatoms. The normalized spacial score (nSPS) is 10.2. The molecule has 0 saturated carbocycles. The van der Waals surface area contributed by atoms with E-state index >= 15 is 0 Å². The van der Waals surface area contributed by atoms with E-state index < -0.39 is 0 Å². The summed E-state index contributed by atoms with van der Waals surface area (Å²) in [5.74, 6) is 0. The molecule has 4 aromatic carbocycles. The third-order valence-corrected chi connectivity index (χ3v) is 5.98. The van der Waals surface area contributed by atoms with E-state index in [1.807, 2.05) is 66.8 Å². The van der Waals surface area contributed by atoms with Crippen molar-refractivity contribution in [1.29, 1.82) is 0 Å². The van der Waals surface area contributed by atoms with Crippen LogP contribution in [0.3, 0.4) is 0 Å². The molecule has 4 rings (SSSR count). The smallest absolute Gasteiger partial charge is 0.0340 e. The van der Waals surface area contributed by atoms with Gasteiger partial charge in [0.2, 0.25) is 0 Å². The zero-order valence-electron chi connectivity index (χ0n) is 24.1. The SMILES string of the molecule is C=C/C(=C\c1c(C)c(-c2ccccc2)c(C=C)c(C=C)c1-c1ccccc1)NCC.CCC.c1ccccc1. The summed E-state index contributed by atoms with van der Waals surface area (Å²) in [6.07, 6.45) is 9.21. The minimum atomic E-state index is 0.835. The maximum atomic E-state index is 4.16. The van der Waals surface area contributed by atoms with Crippen molar-refractivity contribution < 1.29 is 0 Å². The molecule has 0 aromatic heterocycles. The van der Waals surface area contributed by atoms with Gasteiger partial charge in [-0.25, -0.2) is 0 Å². The average Bonchev–Trinajstić information content (AvgIpc) is 2.99. The van der Waals surface area contributed by atoms with Gasteiger partial charge in [-0.2, -0.15) is 0 Å². The van der Waals surface area contributed by atoms with E-state index in [1.54, 1.807) is 0 Å². The topological polar surface area (TPSA) is 12.0 Å². The molecule has 0 unspecified atom stereocenters. The highest BCUT2D eigenvalue weighted by Gasteiger charge is 2.20. The van der Waals surface area contributed by atoms with Gasteiger partial charge in [-0.15, -0.1) is 0 Å². The van der Waals surface area contributed by atoms with Gasteiger partial charge in [-0.1, -0.05) is 149 Å². The zero-order valence-corrected chi connectivity index (χ0v) is 24.1. The fourth-order valence-electron chi connectivity index (χ4n) is 4.36. The molecule has 0 aliphatic heterocycles. The van der Waals surface area contributed by atoms with E-state index in [2.05, 4.69) is 107 Å². The monoisotopic (exact) mass is 513 g/mol. The number of nitrogens with one attached hydrogen (secondary N) is 1. The molecule has 0 fully saturated rings. The van der Waals surface area contributed by atoms with Gasteiger partial charge in [0, 0.05) is 12.2 Å². The molecule has 0 atom stereocenters. The van der Waals surface area contributed by atoms with E-state index in [-0.39, 0.29) is 0 Å². The van der Waals surface area contributed by atoms with Crippen molar-refractivity contribution in [1.82, 2.24) is 5.32 Å². The molecule has 200 valence electrons. The fraction of sp³-hybridized carbons (Fsp3) is 0.158. The van der Waals surface area contributed by atoms with Crippen molar-refractivity contribution in [2.24, 2.45) is 0 Å². The Morgan fingerprint density at radius 1 is 0.615 bits per heavy atom. The first-order valence-corrected chi connectivity index (χ1v) is 13.7. The summed E-state index contributed by atoms with van der Waals surface area (Å²) in [7, 11) is 0. The van der Waals surface area contributed by atoms with Crippen molar-refractivity contribution in [2.75, 3.05) is 6.54 Å². The summed E-state index contributed by atoms with van der Waals surface area (Å²) < 4.78 is 0. The van der Waals surface area contributed by atoms with Crippen molar-refractivity contribution >= 4 is 18.2 Å². The molecule has 0 saturated heterocycles. The first kappa shape index (κ1) is 30.9. The van der Waals surface area contributed by atoms with E-state index in [0.29, 0.717) is 0 Å². The van der Waals surface area contributed by atoms with Crippen molar-refractivity contribution in [3.05, 3.63) is 151 Å². The van der Waals surface area contributed by atoms with Crippen LogP contribution in [0.4, 0.5) is 0 Å². The first-order chi connectivity index (χ1) is 19.1. The third kappa shape index (κ3) is 8.58. The highest BCUT2D eigenvalue weighted by atomic mass is 14.9. The van der Waals surface area contributed by atoms with Crippen LogP contribution in [0, 0.1) is 6.92 Å². The minimum absolute atomic E-state index is 0.835. The summed E-state index contributed by atoms with van der Waals surface area (Å²) in [5.41, 5.74) is 10.2. The van der Waals surface area contributed by atoms with Crippen LogP contribution in [0.25, 0.3) is 40.5 Å². The summed E-state index contributed by atoms with van der Waals surface area (Å²) in [6.45, 7) is 21.7. The third-order valence-electron chi connectivity index (χ3n) is 5.98. The maximum Gasteiger partial charge on any atom is 0.0340 e. The Morgan fingerprint density at radius 2 is 1.00 bits per heavy atom. The second-order valence-electron chi connectivity index (χ2n) is 8.95. The van der Waals surface area contributed by atoms with Crippen LogP contribution in [0.15, 0.2) is 129 Å². The fourth-order valence-corrected chi connectivity index (χ4v) is 4.36. The Labute approximate surface area is 237 Å². The largest absolute Gasteiger partial charge is 0.385 e. The lowest BCUT2D eigenvalue weighted by molar-refractivity contribution is 0.885. The molecular formula is C38H43N. The Hall–Kier alpha value is -4.36. The lowest BCUT2D eigenvalue weighted by Gasteiger charge is -2.23. The van der Waals surface area contributed by atoms with Gasteiger partial charge >= 0.3 is 0 Å². The molecule has 0 spiro atoms. The van der Waals surface area contributed by atoms with Gasteiger partial charge in [0.1, 0.15) is 0 Å². The van der Waals surface area contributed by atoms with Gasteiger partial charge in [0.15, 0.2) is 0 Å². The summed E-state index contributed by atoms with van der Waals surface area (Å²) >= 11 is 0. The van der Waals surface area contributed by atoms with E-state index in [1.165, 1.54) is 23.1 Å². The average molecular weight is 514 g/mol. The molecule has 0 aliphatic rings. The molecule has 1 N–H and O–H groups in total. The van der Waals surface area contributed by atoms with Gasteiger partial charge in [0.05, 0.1) is 0 Å². The lowest BCUT2D eigenvalue weighted by atomic mass is 9.81. The number of hydrogen-bond donors (Lipinski definition) is 1. The van der Waals surface area contributed by atoms with E-state index in [4.69, 9.17) is 0 Å². The molecule has 0 amide bonds. The van der Waals surface area contributed by atoms with E-state index in [9.17, 15) is 0 Å². The van der Waals surface area contributed by atoms with Gasteiger partial charge in [-0.05, 0) is 70.5 Å². The quantitative estimate of drug-likeness (QED) is 0.231. The van der Waals surface area contributed by atoms with Crippen LogP contribution >= 0.6 is 0 Å². The predicted molar refractivity (Wildman–Crippen MR) is 176 cm³/mol. The number of hydrogen-bond acceptors (Lipinski definition) is 1. The molecule has 0 radical (unpaired) electrons. The first-order valence-electron chi connectivity index (χ1n) is 13.7. The van der Waals surface area contributed by atoms with Crippen LogP contribution in [-0.2, 0) is 0 Å². The second-order valence-corrected chi connectivity index (χ2v) is 8.95. The Kier molecular flexibility index (Phi) is 13.6. The Bertz CT molecular complexity index is 1300. The molecule has 0 bridgehead atoms. The molecule has 1 nitrogen and oxygen atoms in total. The summed E-state index contributed by atoms with van der Waals surface area (Å²) in [4.78, 5) is 0. The Balaban J connectivity index is 0.000000506. The summed E-state index contributed by atoms with van der Waals surface area (Å²) in [5, 5.41) is 3.41. The number of benzene rings is 4. The van der Waals surface area contributed by atoms with Gasteiger partial charge < -0.3 is 5.32 Å². The molecule has 39 heavy (non-hydrogen) atoms. The van der Waals surface area contributed by atoms with Crippen LogP contribution in [0.5, 0.6) is 0 Å². The molecule has 4 aromatic rings. The van der Waals surface area contributed by atoms with Crippen LogP contribution in [-0.4, -0.2) is 6.54 Å². The highest BCUT2D eigenvalue weighted by Crippen LogP contribution is 2.42. The van der Waals surface area contributed by atoms with Crippen molar-refractivity contribution in [2.45, 2.75) is 34.1 Å². The molecule has 0 aliphatic carbocycles. The van der Waals surface area contributed by atoms with Crippen LogP contribution in [0.1, 0.15) is 49.4 Å².